The molecule has 136 valence electrons. The zero-order valence-electron chi connectivity index (χ0n) is 11.7. The fourth-order valence-electron chi connectivity index (χ4n) is 1.83. The van der Waals surface area contributed by atoms with Crippen molar-refractivity contribution >= 4 is 147 Å². The molecule has 0 heterocycles. The van der Waals surface area contributed by atoms with Gasteiger partial charge in [0.25, 0.3) is 0 Å². The van der Waals surface area contributed by atoms with Gasteiger partial charge in [-0.2, -0.15) is 0 Å². The first-order valence-electron chi connectivity index (χ1n) is 6.23. The van der Waals surface area contributed by atoms with E-state index >= 15 is 0 Å². The molecule has 0 aliphatic rings. The molecule has 0 fully saturated rings. The standard InChI is InChI=1S/C14H6Cl4I4O2S/c15-9-3-1-7(5-11(9)17)13(19,20)25(23,24)14(21,22)8-2-4-10(16)12(18)6-8/h1-6H. The van der Waals surface area contributed by atoms with E-state index in [1.54, 1.807) is 36.4 Å². The molecule has 0 saturated carbocycles. The maximum absolute atomic E-state index is 13.5. The van der Waals surface area contributed by atoms with E-state index in [1.807, 2.05) is 90.4 Å². The fourth-order valence-corrected chi connectivity index (χ4v) is 14.0. The minimum absolute atomic E-state index is 0.300. The topological polar surface area (TPSA) is 34.1 Å². The second-order valence-corrected chi connectivity index (χ2v) is 22.2. The number of rotatable bonds is 4. The SMILES string of the molecule is O=S(=O)(C(I)(I)c1ccc(Cl)c(Cl)c1)C(I)(I)c1ccc(Cl)c(Cl)c1. The molecule has 11 heteroatoms. The van der Waals surface area contributed by atoms with Gasteiger partial charge in [0.1, 0.15) is 0 Å². The summed E-state index contributed by atoms with van der Waals surface area (Å²) in [5.41, 5.74) is 1.06. The molecule has 0 amide bonds. The molecule has 0 saturated heterocycles. The van der Waals surface area contributed by atoms with Crippen LogP contribution < -0.4 is 0 Å². The van der Waals surface area contributed by atoms with E-state index in [9.17, 15) is 8.42 Å². The van der Waals surface area contributed by atoms with E-state index in [0.29, 0.717) is 31.2 Å². The van der Waals surface area contributed by atoms with Crippen LogP contribution in [0, 0.1) is 0 Å². The molecule has 0 aliphatic carbocycles. The average Bonchev–Trinajstić information content (AvgIpc) is 2.52. The van der Waals surface area contributed by atoms with Gasteiger partial charge in [-0.3, -0.25) is 0 Å². The maximum Gasteiger partial charge on any atom is 0.207 e. The van der Waals surface area contributed by atoms with E-state index in [4.69, 9.17) is 46.4 Å². The number of hydrogen-bond acceptors (Lipinski definition) is 2. The Balaban J connectivity index is 2.61. The van der Waals surface area contributed by atoms with Gasteiger partial charge < -0.3 is 0 Å². The molecule has 25 heavy (non-hydrogen) atoms. The van der Waals surface area contributed by atoms with E-state index < -0.39 is 11.4 Å². The summed E-state index contributed by atoms with van der Waals surface area (Å²) < 4.78 is 24.4. The molecule has 2 aromatic rings. The fraction of sp³-hybridized carbons (Fsp3) is 0.143. The first-order chi connectivity index (χ1) is 11.3. The normalized spacial score (nSPS) is 13.1. The number of halogens is 8. The largest absolute Gasteiger partial charge is 0.224 e. The lowest BCUT2D eigenvalue weighted by molar-refractivity contribution is 0.592. The van der Waals surface area contributed by atoms with Crippen molar-refractivity contribution in [2.45, 2.75) is 1.52 Å². The Morgan fingerprint density at radius 2 is 0.960 bits per heavy atom. The first kappa shape index (κ1) is 23.7. The van der Waals surface area contributed by atoms with Crippen molar-refractivity contribution in [3.8, 4) is 0 Å². The minimum Gasteiger partial charge on any atom is -0.224 e. The molecule has 0 aliphatic heterocycles. The van der Waals surface area contributed by atoms with Crippen molar-refractivity contribution < 1.29 is 8.42 Å². The summed E-state index contributed by atoms with van der Waals surface area (Å²) >= 11 is 31.7. The Hall–Kier alpha value is 2.47. The average molecular weight is 888 g/mol. The zero-order valence-corrected chi connectivity index (χ0v) is 24.2. The summed E-state index contributed by atoms with van der Waals surface area (Å²) in [6.07, 6.45) is 0. The number of alkyl halides is 4. The van der Waals surface area contributed by atoms with Gasteiger partial charge >= 0.3 is 0 Å². The van der Waals surface area contributed by atoms with Crippen LogP contribution in [0.4, 0.5) is 0 Å². The molecule has 0 aromatic heterocycles. The Morgan fingerprint density at radius 3 is 1.24 bits per heavy atom. The smallest absolute Gasteiger partial charge is 0.207 e. The van der Waals surface area contributed by atoms with Crippen LogP contribution in [0.15, 0.2) is 36.4 Å². The van der Waals surface area contributed by atoms with Crippen molar-refractivity contribution in [2.75, 3.05) is 0 Å². The first-order valence-corrected chi connectivity index (χ1v) is 13.5. The highest BCUT2D eigenvalue weighted by Crippen LogP contribution is 2.58. The van der Waals surface area contributed by atoms with Crippen molar-refractivity contribution in [3.05, 3.63) is 67.6 Å². The van der Waals surface area contributed by atoms with Crippen LogP contribution in [0.5, 0.6) is 0 Å². The third-order valence-electron chi connectivity index (χ3n) is 3.19. The Kier molecular flexibility index (Phi) is 8.25. The van der Waals surface area contributed by atoms with Crippen molar-refractivity contribution in [1.82, 2.24) is 0 Å². The predicted octanol–water partition coefficient (Wildman–Crippen LogP) is 8.38. The predicted molar refractivity (Wildman–Crippen MR) is 141 cm³/mol. The van der Waals surface area contributed by atoms with E-state index in [1.165, 1.54) is 0 Å². The molecular weight excluding hydrogens is 882 g/mol. The molecule has 0 radical (unpaired) electrons. The zero-order chi connectivity index (χ0) is 19.2. The van der Waals surface area contributed by atoms with Crippen LogP contribution in [-0.2, 0) is 11.4 Å². The lowest BCUT2D eigenvalue weighted by atomic mass is 10.2. The van der Waals surface area contributed by atoms with E-state index in [0.717, 1.165) is 0 Å². The number of benzene rings is 2. The highest BCUT2D eigenvalue weighted by Gasteiger charge is 2.53. The Bertz CT molecular complexity index is 863. The molecule has 2 rings (SSSR count). The molecule has 2 nitrogen and oxygen atoms in total. The van der Waals surface area contributed by atoms with Crippen LogP contribution >= 0.6 is 137 Å². The van der Waals surface area contributed by atoms with Crippen LogP contribution in [0.1, 0.15) is 11.1 Å². The molecule has 0 N–H and O–H groups in total. The van der Waals surface area contributed by atoms with Gasteiger partial charge in [0.2, 0.25) is 11.4 Å². The molecule has 2 aromatic carbocycles. The quantitative estimate of drug-likeness (QED) is 0.229. The molecular formula is C14H6Cl4I4O2S. The van der Waals surface area contributed by atoms with Gasteiger partial charge in [0.15, 0.2) is 0 Å². The monoisotopic (exact) mass is 886 g/mol. The lowest BCUT2D eigenvalue weighted by Gasteiger charge is -2.31. The van der Waals surface area contributed by atoms with E-state index in [-0.39, 0.29) is 0 Å². The van der Waals surface area contributed by atoms with Crippen molar-refractivity contribution in [1.29, 1.82) is 0 Å². The van der Waals surface area contributed by atoms with Gasteiger partial charge in [-0.05, 0) is 126 Å². The molecule has 0 unspecified atom stereocenters. The maximum atomic E-state index is 13.5. The summed E-state index contributed by atoms with van der Waals surface area (Å²) in [5.74, 6) is 0. The second kappa shape index (κ2) is 8.68. The number of sulfone groups is 1. The van der Waals surface area contributed by atoms with Gasteiger partial charge in [-0.25, -0.2) is 8.42 Å². The Labute approximate surface area is 220 Å². The third kappa shape index (κ3) is 4.64. The van der Waals surface area contributed by atoms with Crippen LogP contribution in [0.2, 0.25) is 20.1 Å². The summed E-state index contributed by atoms with van der Waals surface area (Å²) in [4.78, 5) is 0. The number of hydrogen-bond donors (Lipinski definition) is 0. The minimum atomic E-state index is -3.76. The van der Waals surface area contributed by atoms with Crippen molar-refractivity contribution in [3.63, 3.8) is 0 Å². The summed E-state index contributed by atoms with van der Waals surface area (Å²) in [6, 6.07) is 9.62. The molecule has 0 bridgehead atoms. The van der Waals surface area contributed by atoms with Crippen LogP contribution in [-0.4, -0.2) is 8.42 Å². The second-order valence-electron chi connectivity index (χ2n) is 4.79. The molecule has 0 atom stereocenters. The molecule has 0 spiro atoms. The third-order valence-corrected chi connectivity index (χ3v) is 15.9. The van der Waals surface area contributed by atoms with Gasteiger partial charge in [0, 0.05) is 0 Å². The van der Waals surface area contributed by atoms with Gasteiger partial charge in [0.05, 0.1) is 20.1 Å². The summed E-state index contributed by atoms with van der Waals surface area (Å²) in [5, 5.41) is 1.33. The lowest BCUT2D eigenvalue weighted by Crippen LogP contribution is -2.34. The van der Waals surface area contributed by atoms with Crippen molar-refractivity contribution in [2.24, 2.45) is 0 Å². The van der Waals surface area contributed by atoms with Gasteiger partial charge in [-0.1, -0.05) is 58.5 Å². The highest BCUT2D eigenvalue weighted by molar-refractivity contribution is 14.2. The van der Waals surface area contributed by atoms with Gasteiger partial charge in [-0.15, -0.1) is 0 Å². The summed E-state index contributed by atoms with van der Waals surface area (Å²) in [6.45, 7) is 0. The summed E-state index contributed by atoms with van der Waals surface area (Å²) in [7, 11) is -3.76. The Morgan fingerprint density at radius 1 is 0.640 bits per heavy atom. The van der Waals surface area contributed by atoms with E-state index in [2.05, 4.69) is 0 Å². The van der Waals surface area contributed by atoms with Crippen LogP contribution in [0.3, 0.4) is 0 Å². The van der Waals surface area contributed by atoms with Crippen LogP contribution in [0.25, 0.3) is 0 Å². The highest BCUT2D eigenvalue weighted by atomic mass is 127.